The average Bonchev–Trinajstić information content (AvgIpc) is 3.35. The number of pyridine rings is 1. The quantitative estimate of drug-likeness (QED) is 0.731. The normalized spacial score (nSPS) is 17.1. The van der Waals surface area contributed by atoms with E-state index in [-0.39, 0.29) is 6.04 Å². The van der Waals surface area contributed by atoms with E-state index in [2.05, 4.69) is 30.4 Å². The van der Waals surface area contributed by atoms with Crippen LogP contribution in [-0.2, 0) is 6.54 Å². The van der Waals surface area contributed by atoms with Gasteiger partial charge in [0.15, 0.2) is 0 Å². The van der Waals surface area contributed by atoms with Crippen molar-refractivity contribution in [2.45, 2.75) is 25.4 Å². The van der Waals surface area contributed by atoms with Gasteiger partial charge >= 0.3 is 0 Å². The molecule has 1 aliphatic rings. The lowest BCUT2D eigenvalue weighted by Crippen LogP contribution is -2.23. The van der Waals surface area contributed by atoms with Gasteiger partial charge in [-0.3, -0.25) is 10.00 Å². The topological polar surface area (TPSA) is 106 Å². The Morgan fingerprint density at radius 1 is 1.27 bits per heavy atom. The molecular weight excluding hydrogens is 328 g/mol. The number of anilines is 2. The fourth-order valence-corrected chi connectivity index (χ4v) is 3.23. The average molecular weight is 346 g/mol. The van der Waals surface area contributed by atoms with Gasteiger partial charge in [0.1, 0.15) is 11.8 Å². The predicted octanol–water partition coefficient (Wildman–Crippen LogP) is 2.55. The Bertz CT molecular complexity index is 898. The van der Waals surface area contributed by atoms with E-state index in [4.69, 9.17) is 10.2 Å². The van der Waals surface area contributed by atoms with Crippen LogP contribution in [0.4, 0.5) is 11.6 Å². The van der Waals surface area contributed by atoms with Gasteiger partial charge in [-0.1, -0.05) is 0 Å². The molecule has 8 nitrogen and oxygen atoms in total. The highest BCUT2D eigenvalue weighted by molar-refractivity contribution is 5.52. The van der Waals surface area contributed by atoms with Crippen molar-refractivity contribution in [2.75, 3.05) is 11.9 Å². The van der Waals surface area contributed by atoms with Gasteiger partial charge in [0.2, 0.25) is 5.95 Å². The fourth-order valence-electron chi connectivity index (χ4n) is 3.23. The molecule has 0 spiro atoms. The summed E-state index contributed by atoms with van der Waals surface area (Å²) in [4.78, 5) is 15.5. The summed E-state index contributed by atoms with van der Waals surface area (Å²) in [5.74, 6) is 0.532. The first-order valence-electron chi connectivity index (χ1n) is 8.49. The van der Waals surface area contributed by atoms with Gasteiger partial charge in [0.05, 0.1) is 29.8 Å². The van der Waals surface area contributed by atoms with Gasteiger partial charge < -0.3 is 5.32 Å². The summed E-state index contributed by atoms with van der Waals surface area (Å²) in [6.07, 6.45) is 9.40. The van der Waals surface area contributed by atoms with E-state index in [1.807, 2.05) is 24.5 Å². The van der Waals surface area contributed by atoms with Crippen LogP contribution in [-0.4, -0.2) is 36.6 Å². The molecular formula is C18H18N8. The number of likely N-dealkylation sites (tertiary alicyclic amines) is 1. The van der Waals surface area contributed by atoms with Crippen LogP contribution in [0, 0.1) is 11.3 Å². The molecule has 1 atom stereocenters. The molecule has 4 rings (SSSR count). The van der Waals surface area contributed by atoms with Crippen LogP contribution in [0.1, 0.15) is 35.8 Å². The molecule has 0 unspecified atom stereocenters. The number of aromatic amines is 1. The maximum atomic E-state index is 8.82. The van der Waals surface area contributed by atoms with Crippen molar-refractivity contribution < 1.29 is 0 Å². The first kappa shape index (κ1) is 16.2. The van der Waals surface area contributed by atoms with E-state index in [1.54, 1.807) is 24.5 Å². The van der Waals surface area contributed by atoms with E-state index >= 15 is 0 Å². The van der Waals surface area contributed by atoms with Crippen molar-refractivity contribution in [3.63, 3.8) is 0 Å². The smallest absolute Gasteiger partial charge is 0.227 e. The Balaban J connectivity index is 1.50. The molecule has 3 aromatic rings. The lowest BCUT2D eigenvalue weighted by molar-refractivity contribution is 0.244. The third kappa shape index (κ3) is 3.53. The van der Waals surface area contributed by atoms with Crippen LogP contribution in [0.25, 0.3) is 0 Å². The van der Waals surface area contributed by atoms with Crippen molar-refractivity contribution >= 4 is 11.6 Å². The molecule has 1 fully saturated rings. The summed E-state index contributed by atoms with van der Waals surface area (Å²) >= 11 is 0. The minimum atomic E-state index is 0.271. The predicted molar refractivity (Wildman–Crippen MR) is 95.2 cm³/mol. The lowest BCUT2D eigenvalue weighted by Gasteiger charge is -2.23. The number of H-pyrrole nitrogens is 1. The van der Waals surface area contributed by atoms with Crippen molar-refractivity contribution in [1.29, 1.82) is 5.26 Å². The van der Waals surface area contributed by atoms with Crippen LogP contribution >= 0.6 is 0 Å². The molecule has 0 amide bonds. The lowest BCUT2D eigenvalue weighted by atomic mass is 10.1. The molecule has 0 aliphatic carbocycles. The summed E-state index contributed by atoms with van der Waals surface area (Å²) in [6.45, 7) is 1.90. The van der Waals surface area contributed by atoms with Crippen molar-refractivity contribution in [1.82, 2.24) is 30.0 Å². The van der Waals surface area contributed by atoms with Gasteiger partial charge in [-0.2, -0.15) is 10.4 Å². The largest absolute Gasteiger partial charge is 0.323 e. The zero-order chi connectivity index (χ0) is 17.8. The highest BCUT2D eigenvalue weighted by Gasteiger charge is 2.27. The van der Waals surface area contributed by atoms with Crippen LogP contribution in [0.15, 0.2) is 43.0 Å². The maximum absolute atomic E-state index is 8.82. The molecule has 130 valence electrons. The second-order valence-corrected chi connectivity index (χ2v) is 6.21. The summed E-state index contributed by atoms with van der Waals surface area (Å²) in [6, 6.07) is 7.70. The van der Waals surface area contributed by atoms with E-state index < -0.39 is 0 Å². The minimum absolute atomic E-state index is 0.271. The summed E-state index contributed by atoms with van der Waals surface area (Å²) in [5, 5.41) is 18.9. The van der Waals surface area contributed by atoms with E-state index in [0.29, 0.717) is 11.6 Å². The van der Waals surface area contributed by atoms with Crippen LogP contribution in [0.5, 0.6) is 0 Å². The molecule has 1 saturated heterocycles. The molecule has 0 radical (unpaired) electrons. The van der Waals surface area contributed by atoms with Crippen molar-refractivity contribution in [3.05, 3.63) is 59.9 Å². The minimum Gasteiger partial charge on any atom is -0.323 e. The second kappa shape index (κ2) is 7.29. The molecule has 4 heterocycles. The Kier molecular flexibility index (Phi) is 4.53. The third-order valence-corrected chi connectivity index (χ3v) is 4.46. The number of nitrogens with one attached hydrogen (secondary N) is 2. The SMILES string of the molecule is N#Cc1ccc(Nc2nccc([C@H]3CCCN3Cc3cn[nH]c3)n2)cn1. The number of hydrogen-bond donors (Lipinski definition) is 2. The highest BCUT2D eigenvalue weighted by atomic mass is 15.2. The Morgan fingerprint density at radius 3 is 3.00 bits per heavy atom. The number of nitriles is 1. The fraction of sp³-hybridized carbons (Fsp3) is 0.278. The summed E-state index contributed by atoms with van der Waals surface area (Å²) in [7, 11) is 0. The van der Waals surface area contributed by atoms with Gasteiger partial charge in [-0.05, 0) is 37.6 Å². The summed E-state index contributed by atoms with van der Waals surface area (Å²) < 4.78 is 0. The zero-order valence-electron chi connectivity index (χ0n) is 14.1. The van der Waals surface area contributed by atoms with Crippen LogP contribution in [0.2, 0.25) is 0 Å². The molecule has 1 aliphatic heterocycles. The monoisotopic (exact) mass is 346 g/mol. The van der Waals surface area contributed by atoms with Gasteiger partial charge in [0.25, 0.3) is 0 Å². The molecule has 3 aromatic heterocycles. The van der Waals surface area contributed by atoms with Gasteiger partial charge in [-0.15, -0.1) is 0 Å². The number of hydrogen-bond acceptors (Lipinski definition) is 7. The molecule has 0 bridgehead atoms. The zero-order valence-corrected chi connectivity index (χ0v) is 14.1. The molecule has 2 N–H and O–H groups in total. The van der Waals surface area contributed by atoms with E-state index in [0.717, 1.165) is 37.3 Å². The van der Waals surface area contributed by atoms with Crippen molar-refractivity contribution in [2.24, 2.45) is 0 Å². The van der Waals surface area contributed by atoms with Gasteiger partial charge in [-0.25, -0.2) is 15.0 Å². The van der Waals surface area contributed by atoms with E-state index in [9.17, 15) is 0 Å². The molecule has 26 heavy (non-hydrogen) atoms. The Morgan fingerprint density at radius 2 is 2.23 bits per heavy atom. The number of aromatic nitrogens is 5. The van der Waals surface area contributed by atoms with E-state index in [1.165, 1.54) is 5.56 Å². The second-order valence-electron chi connectivity index (χ2n) is 6.21. The van der Waals surface area contributed by atoms with Crippen molar-refractivity contribution in [3.8, 4) is 6.07 Å². The molecule has 8 heteroatoms. The molecule has 0 aromatic carbocycles. The first-order chi connectivity index (χ1) is 12.8. The Labute approximate surface area is 150 Å². The number of rotatable bonds is 5. The standard InChI is InChI=1S/C18H18N8/c19-8-14-3-4-15(11-21-14)24-18-20-6-5-16(25-18)17-2-1-7-26(17)12-13-9-22-23-10-13/h3-6,9-11,17H,1-2,7,12H2,(H,22,23)(H,20,24,25)/t17-/m1/s1. The van der Waals surface area contributed by atoms with Crippen LogP contribution < -0.4 is 5.32 Å². The van der Waals surface area contributed by atoms with Crippen LogP contribution in [0.3, 0.4) is 0 Å². The Hall–Kier alpha value is -3.31. The maximum Gasteiger partial charge on any atom is 0.227 e. The molecule has 0 saturated carbocycles. The number of nitrogens with zero attached hydrogens (tertiary/aromatic N) is 6. The highest BCUT2D eigenvalue weighted by Crippen LogP contribution is 2.32. The van der Waals surface area contributed by atoms with Gasteiger partial charge in [0, 0.05) is 24.5 Å². The summed E-state index contributed by atoms with van der Waals surface area (Å²) in [5.41, 5.74) is 3.31. The third-order valence-electron chi connectivity index (χ3n) is 4.46. The first-order valence-corrected chi connectivity index (χ1v) is 8.49.